The van der Waals surface area contributed by atoms with Crippen LogP contribution in [-0.2, 0) is 4.74 Å². The Morgan fingerprint density at radius 2 is 1.78 bits per heavy atom. The van der Waals surface area contributed by atoms with Gasteiger partial charge in [-0.3, -0.25) is 4.99 Å². The molecule has 1 rings (SSSR count). The van der Waals surface area contributed by atoms with Gasteiger partial charge in [0.2, 0.25) is 0 Å². The van der Waals surface area contributed by atoms with E-state index in [0.717, 1.165) is 38.7 Å². The molecule has 138 valence electrons. The Kier molecular flexibility index (Phi) is 15.4. The Balaban J connectivity index is 0.00000484. The van der Waals surface area contributed by atoms with E-state index in [4.69, 9.17) is 4.74 Å². The number of nitrogens with one attached hydrogen (secondary N) is 2. The maximum Gasteiger partial charge on any atom is 0.191 e. The molecule has 1 aliphatic heterocycles. The van der Waals surface area contributed by atoms with Gasteiger partial charge >= 0.3 is 0 Å². The first-order valence-electron chi connectivity index (χ1n) is 8.97. The van der Waals surface area contributed by atoms with Gasteiger partial charge < -0.3 is 20.3 Å². The monoisotopic (exact) mass is 440 g/mol. The van der Waals surface area contributed by atoms with Crippen LogP contribution in [0.2, 0.25) is 0 Å². The highest BCUT2D eigenvalue weighted by Crippen LogP contribution is 2.07. The fourth-order valence-electron chi connectivity index (χ4n) is 2.56. The van der Waals surface area contributed by atoms with E-state index in [0.29, 0.717) is 5.92 Å². The number of halogens is 1. The molecule has 0 unspecified atom stereocenters. The van der Waals surface area contributed by atoms with Gasteiger partial charge in [0.05, 0.1) is 6.61 Å². The Morgan fingerprint density at radius 3 is 2.43 bits per heavy atom. The third-order valence-corrected chi connectivity index (χ3v) is 3.99. The molecule has 6 heteroatoms. The number of nitrogens with zero attached hydrogens (tertiary/aromatic N) is 2. The van der Waals surface area contributed by atoms with Gasteiger partial charge in [-0.2, -0.15) is 0 Å². The molecule has 0 bridgehead atoms. The number of guanidine groups is 1. The Hall–Kier alpha value is -0.0800. The van der Waals surface area contributed by atoms with Gasteiger partial charge in [0, 0.05) is 26.7 Å². The van der Waals surface area contributed by atoms with Crippen molar-refractivity contribution in [2.24, 2.45) is 10.9 Å². The summed E-state index contributed by atoms with van der Waals surface area (Å²) in [6, 6.07) is 0. The van der Waals surface area contributed by atoms with Crippen molar-refractivity contribution < 1.29 is 4.74 Å². The molecule has 2 N–H and O–H groups in total. The minimum Gasteiger partial charge on any atom is -0.380 e. The predicted molar refractivity (Wildman–Crippen MR) is 110 cm³/mol. The molecule has 0 amide bonds. The molecular weight excluding hydrogens is 403 g/mol. The van der Waals surface area contributed by atoms with E-state index in [1.54, 1.807) is 0 Å². The van der Waals surface area contributed by atoms with Crippen molar-refractivity contribution in [1.29, 1.82) is 0 Å². The lowest BCUT2D eigenvalue weighted by Gasteiger charge is -2.15. The molecule has 0 radical (unpaired) electrons. The third-order valence-electron chi connectivity index (χ3n) is 3.99. The second kappa shape index (κ2) is 15.4. The Labute approximate surface area is 160 Å². The van der Waals surface area contributed by atoms with Gasteiger partial charge in [0.25, 0.3) is 0 Å². The topological polar surface area (TPSA) is 48.9 Å². The fourth-order valence-corrected chi connectivity index (χ4v) is 2.56. The number of ether oxygens (including phenoxy) is 1. The van der Waals surface area contributed by atoms with E-state index in [9.17, 15) is 0 Å². The van der Waals surface area contributed by atoms with Crippen LogP contribution in [0.3, 0.4) is 0 Å². The van der Waals surface area contributed by atoms with Crippen molar-refractivity contribution in [3.63, 3.8) is 0 Å². The molecule has 1 heterocycles. The van der Waals surface area contributed by atoms with Gasteiger partial charge in [-0.05, 0) is 57.7 Å². The van der Waals surface area contributed by atoms with Gasteiger partial charge in [0.15, 0.2) is 5.96 Å². The van der Waals surface area contributed by atoms with Crippen molar-refractivity contribution in [3.05, 3.63) is 0 Å². The zero-order chi connectivity index (χ0) is 16.0. The first-order chi connectivity index (χ1) is 10.7. The number of aliphatic imine (C=N–C) groups is 1. The summed E-state index contributed by atoms with van der Waals surface area (Å²) in [6.45, 7) is 11.7. The second-order valence-corrected chi connectivity index (χ2v) is 6.48. The zero-order valence-electron chi connectivity index (χ0n) is 15.3. The molecule has 1 aliphatic rings. The number of unbranched alkanes of at least 4 members (excludes halogenated alkanes) is 1. The Bertz CT molecular complexity index is 294. The first-order valence-corrected chi connectivity index (χ1v) is 8.97. The van der Waals surface area contributed by atoms with Crippen LogP contribution < -0.4 is 10.6 Å². The number of hydrogen-bond donors (Lipinski definition) is 2. The standard InChI is InChI=1S/C17H36N4O.HI/c1-16(2)8-14-22-15-10-20-17(18-3)19-9-4-5-11-21-12-6-7-13-21;/h16H,4-15H2,1-3H3,(H2,18,19,20);1H. The van der Waals surface area contributed by atoms with Crippen molar-refractivity contribution in [2.45, 2.75) is 46.0 Å². The molecule has 0 aliphatic carbocycles. The molecule has 23 heavy (non-hydrogen) atoms. The van der Waals surface area contributed by atoms with Crippen molar-refractivity contribution in [1.82, 2.24) is 15.5 Å². The molecule has 1 fully saturated rings. The molecule has 0 aromatic carbocycles. The molecule has 1 saturated heterocycles. The normalized spacial score (nSPS) is 15.7. The lowest BCUT2D eigenvalue weighted by molar-refractivity contribution is 0.128. The lowest BCUT2D eigenvalue weighted by Crippen LogP contribution is -2.39. The van der Waals surface area contributed by atoms with E-state index in [1.807, 2.05) is 7.05 Å². The zero-order valence-corrected chi connectivity index (χ0v) is 17.6. The van der Waals surface area contributed by atoms with Crippen molar-refractivity contribution in [2.75, 3.05) is 53.0 Å². The first kappa shape index (κ1) is 22.9. The highest BCUT2D eigenvalue weighted by atomic mass is 127. The molecular formula is C17H37IN4O. The van der Waals surface area contributed by atoms with Crippen molar-refractivity contribution >= 4 is 29.9 Å². The van der Waals surface area contributed by atoms with E-state index < -0.39 is 0 Å². The average Bonchev–Trinajstić information content (AvgIpc) is 3.01. The largest absolute Gasteiger partial charge is 0.380 e. The highest BCUT2D eigenvalue weighted by molar-refractivity contribution is 14.0. The van der Waals surface area contributed by atoms with E-state index in [1.165, 1.54) is 45.3 Å². The summed E-state index contributed by atoms with van der Waals surface area (Å²) in [7, 11) is 1.82. The minimum atomic E-state index is 0. The summed E-state index contributed by atoms with van der Waals surface area (Å²) in [6.07, 6.45) is 6.36. The van der Waals surface area contributed by atoms with E-state index in [2.05, 4.69) is 34.4 Å². The molecule has 0 saturated carbocycles. The van der Waals surface area contributed by atoms with Gasteiger partial charge in [-0.25, -0.2) is 0 Å². The molecule has 0 aromatic rings. The summed E-state index contributed by atoms with van der Waals surface area (Å²) in [5.41, 5.74) is 0. The van der Waals surface area contributed by atoms with Gasteiger partial charge in [-0.1, -0.05) is 13.8 Å². The van der Waals surface area contributed by atoms with Crippen LogP contribution >= 0.6 is 24.0 Å². The molecule has 0 atom stereocenters. The highest BCUT2D eigenvalue weighted by Gasteiger charge is 2.09. The second-order valence-electron chi connectivity index (χ2n) is 6.48. The third kappa shape index (κ3) is 12.9. The molecule has 5 nitrogen and oxygen atoms in total. The van der Waals surface area contributed by atoms with Crippen LogP contribution in [0.4, 0.5) is 0 Å². The lowest BCUT2D eigenvalue weighted by atomic mass is 10.1. The molecule has 0 spiro atoms. The van der Waals surface area contributed by atoms with Crippen LogP contribution in [-0.4, -0.2) is 63.8 Å². The summed E-state index contributed by atoms with van der Waals surface area (Å²) in [5.74, 6) is 1.59. The number of hydrogen-bond acceptors (Lipinski definition) is 3. The van der Waals surface area contributed by atoms with Gasteiger partial charge in [-0.15, -0.1) is 24.0 Å². The fraction of sp³-hybridized carbons (Fsp3) is 0.941. The smallest absolute Gasteiger partial charge is 0.191 e. The van der Waals surface area contributed by atoms with Crippen LogP contribution in [0.1, 0.15) is 46.0 Å². The summed E-state index contributed by atoms with van der Waals surface area (Å²) < 4.78 is 5.59. The van der Waals surface area contributed by atoms with Crippen molar-refractivity contribution in [3.8, 4) is 0 Å². The van der Waals surface area contributed by atoms with Crippen LogP contribution in [0, 0.1) is 5.92 Å². The van der Waals surface area contributed by atoms with Crippen LogP contribution in [0.15, 0.2) is 4.99 Å². The maximum absolute atomic E-state index is 5.59. The van der Waals surface area contributed by atoms with E-state index >= 15 is 0 Å². The quantitative estimate of drug-likeness (QED) is 0.225. The minimum absolute atomic E-state index is 0. The number of likely N-dealkylation sites (tertiary alicyclic amines) is 1. The average molecular weight is 440 g/mol. The predicted octanol–water partition coefficient (Wildman–Crippen LogP) is 2.71. The van der Waals surface area contributed by atoms with Gasteiger partial charge in [0.1, 0.15) is 0 Å². The summed E-state index contributed by atoms with van der Waals surface area (Å²) in [4.78, 5) is 6.81. The van der Waals surface area contributed by atoms with Crippen LogP contribution in [0.25, 0.3) is 0 Å². The Morgan fingerprint density at radius 1 is 1.09 bits per heavy atom. The SMILES string of the molecule is CN=C(NCCCCN1CCCC1)NCCOCCC(C)C.I. The van der Waals surface area contributed by atoms with Crippen LogP contribution in [0.5, 0.6) is 0 Å². The maximum atomic E-state index is 5.59. The van der Waals surface area contributed by atoms with E-state index in [-0.39, 0.29) is 24.0 Å². The molecule has 0 aromatic heterocycles. The number of rotatable bonds is 11. The summed E-state index contributed by atoms with van der Waals surface area (Å²) in [5, 5.41) is 6.66. The summed E-state index contributed by atoms with van der Waals surface area (Å²) >= 11 is 0.